The molecule has 114 valence electrons. The van der Waals surface area contributed by atoms with E-state index in [9.17, 15) is 14.4 Å². The maximum Gasteiger partial charge on any atom is 0.243 e. The second-order valence-corrected chi connectivity index (χ2v) is 4.70. The highest BCUT2D eigenvalue weighted by Crippen LogP contribution is 2.22. The van der Waals surface area contributed by atoms with Gasteiger partial charge in [-0.15, -0.1) is 0 Å². The molecule has 0 aromatic heterocycles. The third kappa shape index (κ3) is 6.24. The van der Waals surface area contributed by atoms with E-state index in [2.05, 4.69) is 16.0 Å². The molecule has 0 heterocycles. The molecule has 1 rings (SSSR count). The van der Waals surface area contributed by atoms with Crippen molar-refractivity contribution in [2.75, 3.05) is 25.0 Å². The summed E-state index contributed by atoms with van der Waals surface area (Å²) in [6.07, 6.45) is 0. The number of hydrogen-bond donors (Lipinski definition) is 4. The minimum absolute atomic E-state index is 0.195. The fourth-order valence-corrected chi connectivity index (χ4v) is 1.69. The van der Waals surface area contributed by atoms with Gasteiger partial charge in [-0.05, 0) is 24.6 Å². The Morgan fingerprint density at radius 3 is 2.33 bits per heavy atom. The van der Waals surface area contributed by atoms with Crippen LogP contribution in [0.15, 0.2) is 18.2 Å². The van der Waals surface area contributed by atoms with Crippen molar-refractivity contribution in [3.05, 3.63) is 28.8 Å². The Morgan fingerprint density at radius 2 is 1.71 bits per heavy atom. The second kappa shape index (κ2) is 8.23. The fourth-order valence-electron chi connectivity index (χ4n) is 1.41. The van der Waals surface area contributed by atoms with E-state index in [0.29, 0.717) is 10.7 Å². The molecule has 0 aliphatic rings. The monoisotopic (exact) mass is 312 g/mol. The SMILES string of the molecule is Cc1ccc(NC(=O)CNC(=O)CNC(=O)CN)c(Cl)c1. The molecule has 0 aliphatic heterocycles. The van der Waals surface area contributed by atoms with Crippen LogP contribution in [0.25, 0.3) is 0 Å². The maximum atomic E-state index is 11.7. The summed E-state index contributed by atoms with van der Waals surface area (Å²) in [6, 6.07) is 5.21. The van der Waals surface area contributed by atoms with Crippen molar-refractivity contribution in [1.29, 1.82) is 0 Å². The number of carbonyl (C=O) groups is 3. The third-order valence-corrected chi connectivity index (χ3v) is 2.79. The van der Waals surface area contributed by atoms with Gasteiger partial charge in [0.05, 0.1) is 30.3 Å². The van der Waals surface area contributed by atoms with Crippen molar-refractivity contribution in [1.82, 2.24) is 10.6 Å². The summed E-state index contributed by atoms with van der Waals surface area (Å²) in [7, 11) is 0. The van der Waals surface area contributed by atoms with Crippen molar-refractivity contribution in [3.63, 3.8) is 0 Å². The second-order valence-electron chi connectivity index (χ2n) is 4.29. The van der Waals surface area contributed by atoms with Gasteiger partial charge in [0.25, 0.3) is 0 Å². The van der Waals surface area contributed by atoms with Crippen LogP contribution in [0.3, 0.4) is 0 Å². The van der Waals surface area contributed by atoms with Gasteiger partial charge in [0, 0.05) is 0 Å². The van der Waals surface area contributed by atoms with E-state index in [1.165, 1.54) is 0 Å². The van der Waals surface area contributed by atoms with Gasteiger partial charge in [-0.2, -0.15) is 0 Å². The van der Waals surface area contributed by atoms with Crippen LogP contribution in [-0.2, 0) is 14.4 Å². The normalized spacial score (nSPS) is 9.86. The standard InChI is InChI=1S/C13H17ClN4O3/c1-8-2-3-10(9(14)4-8)18-13(21)7-17-12(20)6-16-11(19)5-15/h2-4H,5-7,15H2,1H3,(H,16,19)(H,17,20)(H,18,21). The highest BCUT2D eigenvalue weighted by atomic mass is 35.5. The van der Waals surface area contributed by atoms with Crippen LogP contribution < -0.4 is 21.7 Å². The van der Waals surface area contributed by atoms with E-state index in [0.717, 1.165) is 5.56 Å². The van der Waals surface area contributed by atoms with Crippen molar-refractivity contribution in [2.24, 2.45) is 5.73 Å². The van der Waals surface area contributed by atoms with Gasteiger partial charge >= 0.3 is 0 Å². The minimum atomic E-state index is -0.484. The summed E-state index contributed by atoms with van der Waals surface area (Å²) in [5.74, 6) is -1.35. The average molecular weight is 313 g/mol. The Morgan fingerprint density at radius 1 is 1.10 bits per heavy atom. The van der Waals surface area contributed by atoms with Gasteiger partial charge in [-0.25, -0.2) is 0 Å². The zero-order chi connectivity index (χ0) is 15.8. The molecule has 0 saturated carbocycles. The van der Waals surface area contributed by atoms with Gasteiger partial charge < -0.3 is 21.7 Å². The lowest BCUT2D eigenvalue weighted by molar-refractivity contribution is -0.126. The van der Waals surface area contributed by atoms with Gasteiger partial charge in [-0.3, -0.25) is 14.4 Å². The first kappa shape index (κ1) is 16.9. The van der Waals surface area contributed by atoms with Crippen molar-refractivity contribution in [3.8, 4) is 0 Å². The van der Waals surface area contributed by atoms with E-state index in [-0.39, 0.29) is 19.6 Å². The number of nitrogens with two attached hydrogens (primary N) is 1. The molecule has 0 unspecified atom stereocenters. The fraction of sp³-hybridized carbons (Fsp3) is 0.308. The van der Waals surface area contributed by atoms with Crippen molar-refractivity contribution < 1.29 is 14.4 Å². The summed E-state index contributed by atoms with van der Waals surface area (Å²) < 4.78 is 0. The summed E-state index contributed by atoms with van der Waals surface area (Å²) in [4.78, 5) is 33.9. The average Bonchev–Trinajstić information content (AvgIpc) is 2.45. The molecule has 3 amide bonds. The number of rotatable bonds is 6. The number of halogens is 1. The summed E-state index contributed by atoms with van der Waals surface area (Å²) >= 11 is 5.98. The van der Waals surface area contributed by atoms with E-state index in [1.807, 2.05) is 13.0 Å². The Labute approximate surface area is 127 Å². The molecule has 21 heavy (non-hydrogen) atoms. The predicted octanol–water partition coefficient (Wildman–Crippen LogP) is -0.222. The maximum absolute atomic E-state index is 11.7. The van der Waals surface area contributed by atoms with Gasteiger partial charge in [0.1, 0.15) is 0 Å². The Hall–Kier alpha value is -2.12. The van der Waals surface area contributed by atoms with E-state index in [4.69, 9.17) is 17.3 Å². The minimum Gasteiger partial charge on any atom is -0.346 e. The van der Waals surface area contributed by atoms with E-state index in [1.54, 1.807) is 12.1 Å². The molecule has 0 saturated heterocycles. The number of aryl methyl sites for hydroxylation is 1. The van der Waals surface area contributed by atoms with Crippen LogP contribution in [0, 0.1) is 6.92 Å². The Kier molecular flexibility index (Phi) is 6.64. The smallest absolute Gasteiger partial charge is 0.243 e. The van der Waals surface area contributed by atoms with Crippen molar-refractivity contribution in [2.45, 2.75) is 6.92 Å². The Balaban J connectivity index is 2.37. The van der Waals surface area contributed by atoms with Gasteiger partial charge in [0.2, 0.25) is 17.7 Å². The molecule has 0 spiro atoms. The van der Waals surface area contributed by atoms with Crippen LogP contribution in [0.2, 0.25) is 5.02 Å². The van der Waals surface area contributed by atoms with Gasteiger partial charge in [0.15, 0.2) is 0 Å². The Bertz CT molecular complexity index is 548. The first-order valence-electron chi connectivity index (χ1n) is 6.22. The first-order valence-corrected chi connectivity index (χ1v) is 6.59. The van der Waals surface area contributed by atoms with Gasteiger partial charge in [-0.1, -0.05) is 17.7 Å². The number of carbonyl (C=O) groups excluding carboxylic acids is 3. The van der Waals surface area contributed by atoms with Crippen LogP contribution in [0.1, 0.15) is 5.56 Å². The highest BCUT2D eigenvalue weighted by molar-refractivity contribution is 6.33. The van der Waals surface area contributed by atoms with Crippen LogP contribution >= 0.6 is 11.6 Å². The number of nitrogens with one attached hydrogen (secondary N) is 3. The number of amides is 3. The third-order valence-electron chi connectivity index (χ3n) is 2.48. The molecule has 0 fully saturated rings. The molecular weight excluding hydrogens is 296 g/mol. The summed E-state index contributed by atoms with van der Waals surface area (Å²) in [6.45, 7) is 1.24. The molecule has 0 atom stereocenters. The number of anilines is 1. The number of hydrogen-bond acceptors (Lipinski definition) is 4. The first-order chi connectivity index (χ1) is 9.92. The predicted molar refractivity (Wildman–Crippen MR) is 79.9 cm³/mol. The highest BCUT2D eigenvalue weighted by Gasteiger charge is 2.08. The van der Waals surface area contributed by atoms with E-state index >= 15 is 0 Å². The molecular formula is C13H17ClN4O3. The topological polar surface area (TPSA) is 113 Å². The molecule has 7 nitrogen and oxygen atoms in total. The molecule has 5 N–H and O–H groups in total. The molecule has 0 radical (unpaired) electrons. The summed E-state index contributed by atoms with van der Waals surface area (Å²) in [5, 5.41) is 7.65. The largest absolute Gasteiger partial charge is 0.346 e. The van der Waals surface area contributed by atoms with E-state index < -0.39 is 17.7 Å². The molecule has 0 bridgehead atoms. The van der Waals surface area contributed by atoms with Crippen LogP contribution in [0.5, 0.6) is 0 Å². The molecule has 0 aliphatic carbocycles. The lowest BCUT2D eigenvalue weighted by Crippen LogP contribution is -2.41. The zero-order valence-electron chi connectivity index (χ0n) is 11.5. The quantitative estimate of drug-likeness (QED) is 0.581. The van der Waals surface area contributed by atoms with Crippen LogP contribution in [0.4, 0.5) is 5.69 Å². The molecule has 8 heteroatoms. The number of benzene rings is 1. The zero-order valence-corrected chi connectivity index (χ0v) is 12.3. The summed E-state index contributed by atoms with van der Waals surface area (Å²) in [5.41, 5.74) is 6.52. The van der Waals surface area contributed by atoms with Crippen molar-refractivity contribution >= 4 is 35.0 Å². The molecule has 1 aromatic rings. The van der Waals surface area contributed by atoms with Crippen LogP contribution in [-0.4, -0.2) is 37.4 Å². The lowest BCUT2D eigenvalue weighted by atomic mass is 10.2. The molecule has 1 aromatic carbocycles. The lowest BCUT2D eigenvalue weighted by Gasteiger charge is -2.09.